The van der Waals surface area contributed by atoms with E-state index in [2.05, 4.69) is 9.72 Å². The highest BCUT2D eigenvalue weighted by Gasteiger charge is 2.16. The molecule has 0 aliphatic carbocycles. The molecule has 0 aliphatic rings. The van der Waals surface area contributed by atoms with Gasteiger partial charge in [-0.25, -0.2) is 9.78 Å². The zero-order valence-electron chi connectivity index (χ0n) is 16.0. The van der Waals surface area contributed by atoms with Crippen molar-refractivity contribution in [3.8, 4) is 28.1 Å². The minimum atomic E-state index is -0.629. The van der Waals surface area contributed by atoms with Gasteiger partial charge < -0.3 is 18.8 Å². The topological polar surface area (TPSA) is 103 Å². The number of ether oxygens (including phenoxy) is 3. The fourth-order valence-electron chi connectivity index (χ4n) is 2.80. The molecule has 0 bridgehead atoms. The van der Waals surface area contributed by atoms with Crippen LogP contribution in [0.1, 0.15) is 21.6 Å². The van der Waals surface area contributed by atoms with Crippen LogP contribution in [-0.4, -0.2) is 36.8 Å². The average molecular weight is 411 g/mol. The predicted molar refractivity (Wildman–Crippen MR) is 107 cm³/mol. The van der Waals surface area contributed by atoms with E-state index in [1.807, 2.05) is 18.2 Å². The molecule has 0 saturated carbocycles. The number of nitrogens with zero attached hydrogens (tertiary/aromatic N) is 3. The molecule has 2 aromatic heterocycles. The number of para-hydroxylation sites is 1. The van der Waals surface area contributed by atoms with Crippen molar-refractivity contribution in [2.75, 3.05) is 21.3 Å². The van der Waals surface area contributed by atoms with Crippen LogP contribution >= 0.6 is 11.3 Å². The first kappa shape index (κ1) is 20.1. The Bertz CT molecular complexity index is 1160. The maximum Gasteiger partial charge on any atom is 0.339 e. The molecule has 2 heterocycles. The molecular formula is C20H17N3O5S. The second-order valence-corrected chi connectivity index (χ2v) is 6.72. The Morgan fingerprint density at radius 3 is 2.72 bits per heavy atom. The molecule has 3 aromatic rings. The molecule has 0 unspecified atom stereocenters. The average Bonchev–Trinajstić information content (AvgIpc) is 3.22. The number of esters is 1. The lowest BCUT2D eigenvalue weighted by Crippen LogP contribution is -2.24. The number of benzene rings is 1. The largest absolute Gasteiger partial charge is 0.493 e. The smallest absolute Gasteiger partial charge is 0.339 e. The van der Waals surface area contributed by atoms with E-state index in [1.54, 1.807) is 25.7 Å². The summed E-state index contributed by atoms with van der Waals surface area (Å²) in [6, 6.07) is 8.52. The first-order valence-electron chi connectivity index (χ1n) is 8.41. The molecular weight excluding hydrogens is 394 g/mol. The number of hydrogen-bond donors (Lipinski definition) is 0. The van der Waals surface area contributed by atoms with E-state index in [4.69, 9.17) is 9.47 Å². The van der Waals surface area contributed by atoms with Crippen molar-refractivity contribution in [2.24, 2.45) is 0 Å². The van der Waals surface area contributed by atoms with Gasteiger partial charge >= 0.3 is 5.97 Å². The van der Waals surface area contributed by atoms with E-state index < -0.39 is 11.5 Å². The van der Waals surface area contributed by atoms with Crippen molar-refractivity contribution in [1.82, 2.24) is 9.55 Å². The van der Waals surface area contributed by atoms with Crippen LogP contribution in [-0.2, 0) is 11.3 Å². The van der Waals surface area contributed by atoms with Gasteiger partial charge in [0.05, 0.1) is 44.7 Å². The second-order valence-electron chi connectivity index (χ2n) is 5.86. The highest BCUT2D eigenvalue weighted by atomic mass is 32.1. The molecule has 148 valence electrons. The van der Waals surface area contributed by atoms with Gasteiger partial charge in [0, 0.05) is 11.6 Å². The fraction of sp³-hybridized carbons (Fsp3) is 0.200. The monoisotopic (exact) mass is 411 g/mol. The number of thiazole rings is 1. The molecule has 0 atom stereocenters. The summed E-state index contributed by atoms with van der Waals surface area (Å²) in [5.74, 6) is 0.519. The Morgan fingerprint density at radius 1 is 1.28 bits per heavy atom. The Kier molecular flexibility index (Phi) is 5.95. The fourth-order valence-corrected chi connectivity index (χ4v) is 3.63. The third-order valence-corrected chi connectivity index (χ3v) is 5.07. The van der Waals surface area contributed by atoms with Crippen LogP contribution in [0.25, 0.3) is 10.6 Å². The first-order valence-corrected chi connectivity index (χ1v) is 9.29. The molecule has 9 heteroatoms. The van der Waals surface area contributed by atoms with E-state index in [0.717, 1.165) is 5.56 Å². The van der Waals surface area contributed by atoms with Crippen LogP contribution in [0.5, 0.6) is 11.5 Å². The van der Waals surface area contributed by atoms with Crippen LogP contribution in [0.2, 0.25) is 0 Å². The van der Waals surface area contributed by atoms with Gasteiger partial charge in [-0.3, -0.25) is 4.79 Å². The number of nitriles is 1. The lowest BCUT2D eigenvalue weighted by atomic mass is 10.2. The van der Waals surface area contributed by atoms with Gasteiger partial charge in [-0.05, 0) is 18.2 Å². The number of aromatic nitrogens is 2. The molecule has 0 radical (unpaired) electrons. The number of carbonyl (C=O) groups excluding carboxylic acids is 1. The van der Waals surface area contributed by atoms with E-state index in [0.29, 0.717) is 22.2 Å². The van der Waals surface area contributed by atoms with E-state index in [1.165, 1.54) is 35.3 Å². The van der Waals surface area contributed by atoms with Gasteiger partial charge in [-0.2, -0.15) is 5.26 Å². The number of methoxy groups -OCH3 is 3. The Balaban J connectivity index is 1.99. The molecule has 1 aromatic carbocycles. The van der Waals surface area contributed by atoms with Gasteiger partial charge in [0.2, 0.25) is 0 Å². The van der Waals surface area contributed by atoms with Gasteiger partial charge in [0.1, 0.15) is 16.6 Å². The number of rotatable bonds is 6. The van der Waals surface area contributed by atoms with Gasteiger partial charge in [-0.15, -0.1) is 11.3 Å². The van der Waals surface area contributed by atoms with E-state index in [9.17, 15) is 14.9 Å². The van der Waals surface area contributed by atoms with Gasteiger partial charge in [-0.1, -0.05) is 6.07 Å². The minimum absolute atomic E-state index is 0.0983. The summed E-state index contributed by atoms with van der Waals surface area (Å²) in [6.45, 7) is 0.0983. The first-order chi connectivity index (χ1) is 14.0. The highest BCUT2D eigenvalue weighted by Crippen LogP contribution is 2.38. The summed E-state index contributed by atoms with van der Waals surface area (Å²) in [5.41, 5.74) is 0.833. The summed E-state index contributed by atoms with van der Waals surface area (Å²) in [4.78, 5) is 28.9. The van der Waals surface area contributed by atoms with Crippen LogP contribution in [0.4, 0.5) is 0 Å². The summed E-state index contributed by atoms with van der Waals surface area (Å²) >= 11 is 1.38. The molecule has 0 saturated heterocycles. The molecule has 0 fully saturated rings. The molecule has 3 rings (SSSR count). The van der Waals surface area contributed by atoms with Crippen LogP contribution in [0.15, 0.2) is 40.6 Å². The third-order valence-electron chi connectivity index (χ3n) is 4.15. The molecule has 0 amide bonds. The maximum atomic E-state index is 12.5. The standard InChI is InChI=1S/C20H17N3O5S/c1-26-16-6-4-5-15(17(16)27-2)18-22-14(11-29-18)10-23-9-13(20(25)28-3)7-12(8-21)19(23)24/h4-7,9,11H,10H2,1-3H3. The molecule has 29 heavy (non-hydrogen) atoms. The van der Waals surface area contributed by atoms with Crippen molar-refractivity contribution in [2.45, 2.75) is 6.54 Å². The minimum Gasteiger partial charge on any atom is -0.493 e. The Labute approximate surface area is 170 Å². The lowest BCUT2D eigenvalue weighted by Gasteiger charge is -2.10. The summed E-state index contributed by atoms with van der Waals surface area (Å²) in [6.07, 6.45) is 1.36. The predicted octanol–water partition coefficient (Wildman–Crippen LogP) is 2.70. The Hall–Kier alpha value is -3.64. The zero-order valence-corrected chi connectivity index (χ0v) is 16.8. The van der Waals surface area contributed by atoms with Crippen LogP contribution in [0.3, 0.4) is 0 Å². The normalized spacial score (nSPS) is 10.3. The molecule has 0 N–H and O–H groups in total. The van der Waals surface area contributed by atoms with Crippen molar-refractivity contribution < 1.29 is 19.0 Å². The number of carbonyl (C=O) groups is 1. The van der Waals surface area contributed by atoms with E-state index in [-0.39, 0.29) is 17.7 Å². The lowest BCUT2D eigenvalue weighted by molar-refractivity contribution is 0.0599. The highest BCUT2D eigenvalue weighted by molar-refractivity contribution is 7.13. The van der Waals surface area contributed by atoms with Crippen molar-refractivity contribution >= 4 is 17.3 Å². The van der Waals surface area contributed by atoms with Crippen molar-refractivity contribution in [3.05, 3.63) is 63.0 Å². The summed E-state index contributed by atoms with van der Waals surface area (Å²) in [7, 11) is 4.34. The summed E-state index contributed by atoms with van der Waals surface area (Å²) < 4.78 is 16.7. The number of hydrogen-bond acceptors (Lipinski definition) is 8. The molecule has 8 nitrogen and oxygen atoms in total. The van der Waals surface area contributed by atoms with Gasteiger partial charge in [0.15, 0.2) is 11.5 Å². The molecule has 0 spiro atoms. The number of pyridine rings is 1. The van der Waals surface area contributed by atoms with Crippen molar-refractivity contribution in [3.63, 3.8) is 0 Å². The quantitative estimate of drug-likeness (QED) is 0.575. The zero-order chi connectivity index (χ0) is 21.0. The Morgan fingerprint density at radius 2 is 2.07 bits per heavy atom. The maximum absolute atomic E-state index is 12.5. The van der Waals surface area contributed by atoms with Crippen molar-refractivity contribution in [1.29, 1.82) is 5.26 Å². The van der Waals surface area contributed by atoms with Gasteiger partial charge in [0.25, 0.3) is 5.56 Å². The van der Waals surface area contributed by atoms with E-state index >= 15 is 0 Å². The SMILES string of the molecule is COC(=O)c1cc(C#N)c(=O)n(Cc2csc(-c3cccc(OC)c3OC)n2)c1. The second kappa shape index (κ2) is 8.58. The summed E-state index contributed by atoms with van der Waals surface area (Å²) in [5, 5.41) is 11.7. The third kappa shape index (κ3) is 3.97. The molecule has 0 aliphatic heterocycles. The van der Waals surface area contributed by atoms with Crippen LogP contribution < -0.4 is 15.0 Å². The van der Waals surface area contributed by atoms with Crippen LogP contribution in [0, 0.1) is 11.3 Å².